The van der Waals surface area contributed by atoms with Crippen molar-refractivity contribution in [2.45, 2.75) is 19.5 Å². The Morgan fingerprint density at radius 2 is 1.74 bits per heavy atom. The third kappa shape index (κ3) is 4.30. The van der Waals surface area contributed by atoms with Gasteiger partial charge in [0.05, 0.1) is 24.5 Å². The van der Waals surface area contributed by atoms with Crippen molar-refractivity contribution in [3.8, 4) is 11.3 Å². The van der Waals surface area contributed by atoms with Gasteiger partial charge in [0.1, 0.15) is 17.5 Å². The van der Waals surface area contributed by atoms with E-state index in [1.54, 1.807) is 29.2 Å². The zero-order valence-electron chi connectivity index (χ0n) is 18.0. The molecule has 6 nitrogen and oxygen atoms in total. The van der Waals surface area contributed by atoms with Crippen LogP contribution in [0.1, 0.15) is 22.3 Å². The number of benzene rings is 3. The molecule has 1 aliphatic rings. The van der Waals surface area contributed by atoms with E-state index in [4.69, 9.17) is 0 Å². The molecule has 0 spiro atoms. The van der Waals surface area contributed by atoms with E-state index in [1.165, 1.54) is 6.07 Å². The van der Waals surface area contributed by atoms with Gasteiger partial charge in [0.2, 0.25) is 5.91 Å². The second-order valence-corrected chi connectivity index (χ2v) is 7.98. The molecule has 1 aromatic heterocycles. The fraction of sp³-hybridized carbons (Fsp3) is 0.115. The minimum Gasteiger partial charge on any atom is -0.319 e. The monoisotopic (exact) mass is 458 g/mol. The van der Waals surface area contributed by atoms with Crippen LogP contribution in [0.2, 0.25) is 0 Å². The van der Waals surface area contributed by atoms with E-state index in [9.17, 15) is 18.4 Å². The minimum atomic E-state index is -0.847. The molecule has 0 atom stereocenters. The molecule has 2 amide bonds. The third-order valence-corrected chi connectivity index (χ3v) is 5.68. The highest BCUT2D eigenvalue weighted by molar-refractivity contribution is 6.04. The maximum Gasteiger partial charge on any atom is 0.255 e. The van der Waals surface area contributed by atoms with Crippen LogP contribution < -0.4 is 10.2 Å². The summed E-state index contributed by atoms with van der Waals surface area (Å²) >= 11 is 0. The van der Waals surface area contributed by atoms with Crippen molar-refractivity contribution < 1.29 is 18.4 Å². The summed E-state index contributed by atoms with van der Waals surface area (Å²) in [5.74, 6) is -1.36. The number of hydrogen-bond donors (Lipinski definition) is 1. The number of nitrogens with zero attached hydrogens (tertiary/aromatic N) is 3. The average Bonchev–Trinajstić information content (AvgIpc) is 3.28. The Labute approximate surface area is 194 Å². The Morgan fingerprint density at radius 1 is 0.971 bits per heavy atom. The van der Waals surface area contributed by atoms with Gasteiger partial charge in [-0.25, -0.2) is 13.5 Å². The van der Waals surface area contributed by atoms with Gasteiger partial charge in [-0.1, -0.05) is 42.5 Å². The van der Waals surface area contributed by atoms with Gasteiger partial charge in [-0.2, -0.15) is 5.10 Å². The van der Waals surface area contributed by atoms with Crippen molar-refractivity contribution >= 4 is 23.3 Å². The molecule has 2 heterocycles. The lowest BCUT2D eigenvalue weighted by molar-refractivity contribution is -0.119. The molecule has 4 aromatic rings. The van der Waals surface area contributed by atoms with Crippen molar-refractivity contribution in [3.05, 3.63) is 102 Å². The number of carbonyl (C=O) groups excluding carboxylic acids is 2. The molecule has 0 aliphatic carbocycles. The Bertz CT molecular complexity index is 1370. The van der Waals surface area contributed by atoms with Crippen molar-refractivity contribution in [2.24, 2.45) is 0 Å². The van der Waals surface area contributed by atoms with E-state index in [-0.39, 0.29) is 11.6 Å². The highest BCUT2D eigenvalue weighted by atomic mass is 19.1. The Kier molecular flexibility index (Phi) is 5.63. The lowest BCUT2D eigenvalue weighted by Gasteiger charge is -2.27. The Hall–Kier alpha value is -4.33. The van der Waals surface area contributed by atoms with E-state index in [1.807, 2.05) is 41.1 Å². The zero-order chi connectivity index (χ0) is 23.7. The maximum atomic E-state index is 13.8. The number of anilines is 2. The lowest BCUT2D eigenvalue weighted by Crippen LogP contribution is -2.36. The van der Waals surface area contributed by atoms with E-state index >= 15 is 0 Å². The van der Waals surface area contributed by atoms with Crippen molar-refractivity contribution in [2.75, 3.05) is 10.2 Å². The standard InChI is InChI=1S/C26H20F2N4O2/c27-20-10-11-22(21(28)14-20)29-26(34)19-8-6-17(7-9-19)16-31-24-15-23(18-4-2-1-3-5-18)30-32(24)13-12-25(31)33/h1-11,14-15H,12-13,16H2,(H,29,34). The fourth-order valence-electron chi connectivity index (χ4n) is 3.90. The molecule has 8 heteroatoms. The topological polar surface area (TPSA) is 67.2 Å². The van der Waals surface area contributed by atoms with Crippen molar-refractivity contribution in [3.63, 3.8) is 0 Å². The first-order valence-electron chi connectivity index (χ1n) is 10.8. The predicted molar refractivity (Wildman–Crippen MR) is 124 cm³/mol. The zero-order valence-corrected chi connectivity index (χ0v) is 18.0. The van der Waals surface area contributed by atoms with Crippen LogP contribution in [-0.4, -0.2) is 21.6 Å². The summed E-state index contributed by atoms with van der Waals surface area (Å²) in [4.78, 5) is 26.8. The molecule has 34 heavy (non-hydrogen) atoms. The summed E-state index contributed by atoms with van der Waals surface area (Å²) in [6.07, 6.45) is 0.354. The number of halogens is 2. The van der Waals surface area contributed by atoms with Gasteiger partial charge in [0.25, 0.3) is 5.91 Å². The molecule has 0 bridgehead atoms. The molecule has 1 aliphatic heterocycles. The molecule has 0 radical (unpaired) electrons. The normalized spacial score (nSPS) is 13.0. The largest absolute Gasteiger partial charge is 0.319 e. The highest BCUT2D eigenvalue weighted by Gasteiger charge is 2.26. The first-order chi connectivity index (χ1) is 16.5. The van der Waals surface area contributed by atoms with Crippen LogP contribution in [-0.2, 0) is 17.9 Å². The molecular weight excluding hydrogens is 438 g/mol. The van der Waals surface area contributed by atoms with Crippen LogP contribution in [0.4, 0.5) is 20.3 Å². The van der Waals surface area contributed by atoms with Crippen LogP contribution >= 0.6 is 0 Å². The summed E-state index contributed by atoms with van der Waals surface area (Å²) in [7, 11) is 0. The van der Waals surface area contributed by atoms with Gasteiger partial charge in [0.15, 0.2) is 0 Å². The lowest BCUT2D eigenvalue weighted by atomic mass is 10.1. The molecule has 1 N–H and O–H groups in total. The Morgan fingerprint density at radius 3 is 2.47 bits per heavy atom. The second kappa shape index (κ2) is 8.90. The van der Waals surface area contributed by atoms with Crippen molar-refractivity contribution in [1.29, 1.82) is 0 Å². The molecule has 170 valence electrons. The molecular formula is C26H20F2N4O2. The highest BCUT2D eigenvalue weighted by Crippen LogP contribution is 2.29. The second-order valence-electron chi connectivity index (χ2n) is 7.98. The summed E-state index contributed by atoms with van der Waals surface area (Å²) in [6.45, 7) is 0.851. The maximum absolute atomic E-state index is 13.8. The number of aryl methyl sites for hydroxylation is 1. The molecule has 0 saturated carbocycles. The summed E-state index contributed by atoms with van der Waals surface area (Å²) in [6, 6.07) is 21.3. The van der Waals surface area contributed by atoms with Gasteiger partial charge in [-0.15, -0.1) is 0 Å². The van der Waals surface area contributed by atoms with Gasteiger partial charge in [-0.05, 0) is 29.8 Å². The fourth-order valence-corrected chi connectivity index (χ4v) is 3.90. The number of carbonyl (C=O) groups is 2. The summed E-state index contributed by atoms with van der Waals surface area (Å²) < 4.78 is 28.7. The van der Waals surface area contributed by atoms with E-state index < -0.39 is 17.5 Å². The van der Waals surface area contributed by atoms with Crippen LogP contribution in [0.3, 0.4) is 0 Å². The number of rotatable bonds is 5. The van der Waals surface area contributed by atoms with Crippen LogP contribution in [0, 0.1) is 11.6 Å². The molecule has 5 rings (SSSR count). The quantitative estimate of drug-likeness (QED) is 0.457. The predicted octanol–water partition coefficient (Wildman–Crippen LogP) is 5.02. The van der Waals surface area contributed by atoms with E-state index in [0.717, 1.165) is 28.7 Å². The molecule has 0 fully saturated rings. The number of aromatic nitrogens is 2. The summed E-state index contributed by atoms with van der Waals surface area (Å²) in [5.41, 5.74) is 2.82. The van der Waals surface area contributed by atoms with Crippen molar-refractivity contribution in [1.82, 2.24) is 9.78 Å². The van der Waals surface area contributed by atoms with Crippen LogP contribution in [0.5, 0.6) is 0 Å². The first kappa shape index (κ1) is 21.5. The number of fused-ring (bicyclic) bond motifs is 1. The average molecular weight is 458 g/mol. The number of amides is 2. The smallest absolute Gasteiger partial charge is 0.255 e. The molecule has 0 saturated heterocycles. The number of hydrogen-bond acceptors (Lipinski definition) is 3. The minimum absolute atomic E-state index is 0.000571. The van der Waals surface area contributed by atoms with Crippen LogP contribution in [0.25, 0.3) is 11.3 Å². The summed E-state index contributed by atoms with van der Waals surface area (Å²) in [5, 5.41) is 7.09. The van der Waals surface area contributed by atoms with Crippen LogP contribution in [0.15, 0.2) is 78.9 Å². The number of nitrogens with one attached hydrogen (secondary N) is 1. The van der Waals surface area contributed by atoms with E-state index in [2.05, 4.69) is 10.4 Å². The van der Waals surface area contributed by atoms with Gasteiger partial charge in [-0.3, -0.25) is 14.5 Å². The third-order valence-electron chi connectivity index (χ3n) is 5.68. The molecule has 0 unspecified atom stereocenters. The molecule has 3 aromatic carbocycles. The Balaban J connectivity index is 1.33. The SMILES string of the molecule is O=C(Nc1ccc(F)cc1F)c1ccc(CN2C(=O)CCn3nc(-c4ccccc4)cc32)cc1. The van der Waals surface area contributed by atoms with Gasteiger partial charge >= 0.3 is 0 Å². The van der Waals surface area contributed by atoms with Gasteiger partial charge < -0.3 is 5.32 Å². The van der Waals surface area contributed by atoms with E-state index in [0.29, 0.717) is 31.1 Å². The van der Waals surface area contributed by atoms with Gasteiger partial charge in [0, 0.05) is 29.7 Å². The first-order valence-corrected chi connectivity index (χ1v) is 10.8.